The maximum Gasteiger partial charge on any atom is 0.229 e. The molecule has 2 amide bonds. The molecule has 0 bridgehead atoms. The van der Waals surface area contributed by atoms with Gasteiger partial charge in [0, 0.05) is 23.0 Å². The fraction of sp³-hybridized carbons (Fsp3) is 0.550. The van der Waals surface area contributed by atoms with Crippen molar-refractivity contribution in [3.05, 3.63) is 33.8 Å². The van der Waals surface area contributed by atoms with Gasteiger partial charge in [0.1, 0.15) is 0 Å². The van der Waals surface area contributed by atoms with Crippen LogP contribution in [0.25, 0.3) is 0 Å². The van der Waals surface area contributed by atoms with Crippen LogP contribution in [-0.2, 0) is 16.0 Å². The lowest BCUT2D eigenvalue weighted by Gasteiger charge is -2.15. The Hall–Kier alpha value is -1.49. The lowest BCUT2D eigenvalue weighted by Crippen LogP contribution is -2.39. The first kappa shape index (κ1) is 23.5. The summed E-state index contributed by atoms with van der Waals surface area (Å²) >= 11 is 3.54. The van der Waals surface area contributed by atoms with Gasteiger partial charge < -0.3 is 5.41 Å². The molecule has 0 saturated carbocycles. The summed E-state index contributed by atoms with van der Waals surface area (Å²) in [5.74, 6) is 0.416. The predicted octanol–water partition coefficient (Wildman–Crippen LogP) is 5.12. The van der Waals surface area contributed by atoms with Crippen molar-refractivity contribution in [2.45, 2.75) is 60.3 Å². The van der Waals surface area contributed by atoms with E-state index in [2.05, 4.69) is 35.1 Å². The van der Waals surface area contributed by atoms with Gasteiger partial charge in [-0.2, -0.15) is 0 Å². The van der Waals surface area contributed by atoms with E-state index in [0.717, 1.165) is 16.5 Å². The molecule has 2 atom stereocenters. The molecule has 1 aromatic rings. The van der Waals surface area contributed by atoms with Gasteiger partial charge in [0.05, 0.1) is 0 Å². The monoisotopic (exact) mass is 410 g/mol. The van der Waals surface area contributed by atoms with E-state index in [4.69, 9.17) is 5.41 Å². The Morgan fingerprint density at radius 3 is 2.48 bits per heavy atom. The zero-order valence-corrected chi connectivity index (χ0v) is 17.6. The lowest BCUT2D eigenvalue weighted by atomic mass is 9.95. The van der Waals surface area contributed by atoms with E-state index in [-0.39, 0.29) is 17.7 Å². The van der Waals surface area contributed by atoms with Gasteiger partial charge in [-0.15, -0.1) is 0 Å². The Bertz CT molecular complexity index is 573. The van der Waals surface area contributed by atoms with Crippen LogP contribution in [0, 0.1) is 17.2 Å². The maximum atomic E-state index is 10.7. The Morgan fingerprint density at radius 1 is 1.36 bits per heavy atom. The van der Waals surface area contributed by atoms with Crippen LogP contribution in [0.2, 0.25) is 0 Å². The SMILES string of the molecule is CC.CC1CCC(=O)NC1=O.CCC(C)Cc1c(Br)cccc1C=N. The van der Waals surface area contributed by atoms with Gasteiger partial charge in [0.2, 0.25) is 11.8 Å². The summed E-state index contributed by atoms with van der Waals surface area (Å²) in [7, 11) is 0. The van der Waals surface area contributed by atoms with E-state index >= 15 is 0 Å². The van der Waals surface area contributed by atoms with Crippen molar-refractivity contribution in [2.24, 2.45) is 11.8 Å². The number of amides is 2. The second-order valence-corrected chi connectivity index (χ2v) is 6.88. The first-order valence-corrected chi connectivity index (χ1v) is 9.79. The number of piperidine rings is 1. The van der Waals surface area contributed by atoms with Gasteiger partial charge in [-0.1, -0.05) is 69.1 Å². The molecular weight excluding hydrogens is 380 g/mol. The topological polar surface area (TPSA) is 70.0 Å². The van der Waals surface area contributed by atoms with Crippen LogP contribution < -0.4 is 5.32 Å². The summed E-state index contributed by atoms with van der Waals surface area (Å²) in [6.07, 6.45) is 4.85. The standard InChI is InChI=1S/C12H16BrN.C6H9NO2.C2H6/c1-3-9(2)7-11-10(8-14)5-4-6-12(11)13;1-4-2-3-5(8)7-6(4)9;1-2/h4-6,8-9,14H,3,7H2,1-2H3;4H,2-3H2,1H3,(H,7,8,9);1-2H3. The lowest BCUT2D eigenvalue weighted by molar-refractivity contribution is -0.135. The van der Waals surface area contributed by atoms with E-state index in [1.165, 1.54) is 18.2 Å². The molecule has 1 aromatic carbocycles. The van der Waals surface area contributed by atoms with Gasteiger partial charge in [-0.3, -0.25) is 14.9 Å². The predicted molar refractivity (Wildman–Crippen MR) is 108 cm³/mol. The van der Waals surface area contributed by atoms with Crippen LogP contribution in [0.5, 0.6) is 0 Å². The molecule has 2 unspecified atom stereocenters. The van der Waals surface area contributed by atoms with Crippen LogP contribution in [-0.4, -0.2) is 18.0 Å². The summed E-state index contributed by atoms with van der Waals surface area (Å²) in [6.45, 7) is 10.3. The van der Waals surface area contributed by atoms with E-state index in [1.807, 2.05) is 39.0 Å². The molecule has 1 saturated heterocycles. The Morgan fingerprint density at radius 2 is 2.00 bits per heavy atom. The Kier molecular flexibility index (Phi) is 12.0. The number of carbonyl (C=O) groups excluding carboxylic acids is 2. The number of imide groups is 1. The third-order valence-corrected chi connectivity index (χ3v) is 4.82. The number of hydrogen-bond donors (Lipinski definition) is 2. The quantitative estimate of drug-likeness (QED) is 0.533. The third-order valence-electron chi connectivity index (χ3n) is 4.07. The van der Waals surface area contributed by atoms with E-state index < -0.39 is 0 Å². The molecule has 140 valence electrons. The second-order valence-electron chi connectivity index (χ2n) is 6.02. The number of benzene rings is 1. The van der Waals surface area contributed by atoms with E-state index in [9.17, 15) is 9.59 Å². The highest BCUT2D eigenvalue weighted by Crippen LogP contribution is 2.23. The van der Waals surface area contributed by atoms with Gasteiger partial charge in [-0.05, 0) is 36.0 Å². The highest BCUT2D eigenvalue weighted by atomic mass is 79.9. The molecule has 0 spiro atoms. The van der Waals surface area contributed by atoms with Crippen molar-refractivity contribution in [2.75, 3.05) is 0 Å². The zero-order valence-electron chi connectivity index (χ0n) is 16.0. The first-order valence-electron chi connectivity index (χ1n) is 9.00. The summed E-state index contributed by atoms with van der Waals surface area (Å²) in [4.78, 5) is 21.2. The van der Waals surface area contributed by atoms with Crippen LogP contribution >= 0.6 is 15.9 Å². The fourth-order valence-electron chi connectivity index (χ4n) is 2.22. The molecule has 1 aliphatic rings. The van der Waals surface area contributed by atoms with Crippen molar-refractivity contribution in [1.29, 1.82) is 5.41 Å². The van der Waals surface area contributed by atoms with Crippen LogP contribution in [0.1, 0.15) is 65.0 Å². The second kappa shape index (κ2) is 12.8. The number of rotatable bonds is 4. The highest BCUT2D eigenvalue weighted by Gasteiger charge is 2.21. The van der Waals surface area contributed by atoms with Crippen LogP contribution in [0.3, 0.4) is 0 Å². The van der Waals surface area contributed by atoms with Gasteiger partial charge in [0.25, 0.3) is 0 Å². The smallest absolute Gasteiger partial charge is 0.229 e. The van der Waals surface area contributed by atoms with Crippen molar-refractivity contribution in [1.82, 2.24) is 5.32 Å². The number of carbonyl (C=O) groups is 2. The molecule has 0 radical (unpaired) electrons. The summed E-state index contributed by atoms with van der Waals surface area (Å²) in [5, 5.41) is 9.59. The maximum absolute atomic E-state index is 10.7. The largest absolute Gasteiger partial charge is 0.308 e. The third kappa shape index (κ3) is 8.43. The Labute approximate surface area is 160 Å². The minimum Gasteiger partial charge on any atom is -0.308 e. The highest BCUT2D eigenvalue weighted by molar-refractivity contribution is 9.10. The van der Waals surface area contributed by atoms with Gasteiger partial charge in [-0.25, -0.2) is 0 Å². The molecule has 0 aromatic heterocycles. The van der Waals surface area contributed by atoms with Crippen LogP contribution in [0.4, 0.5) is 0 Å². The molecule has 1 aliphatic heterocycles. The van der Waals surface area contributed by atoms with E-state index in [1.54, 1.807) is 0 Å². The van der Waals surface area contributed by atoms with Crippen molar-refractivity contribution in [3.63, 3.8) is 0 Å². The van der Waals surface area contributed by atoms with Gasteiger partial charge in [0.15, 0.2) is 0 Å². The summed E-state index contributed by atoms with van der Waals surface area (Å²) in [5.41, 5.74) is 2.29. The minimum atomic E-state index is -0.141. The summed E-state index contributed by atoms with van der Waals surface area (Å²) < 4.78 is 1.12. The van der Waals surface area contributed by atoms with Gasteiger partial charge >= 0.3 is 0 Å². The first-order chi connectivity index (χ1) is 11.9. The van der Waals surface area contributed by atoms with Crippen molar-refractivity contribution >= 4 is 34.0 Å². The molecule has 1 fully saturated rings. The number of halogens is 1. The molecular formula is C20H31BrN2O2. The molecule has 2 rings (SSSR count). The normalized spacial score (nSPS) is 17.3. The van der Waals surface area contributed by atoms with E-state index in [0.29, 0.717) is 18.8 Å². The van der Waals surface area contributed by atoms with Crippen molar-refractivity contribution in [3.8, 4) is 0 Å². The minimum absolute atomic E-state index is 0.0164. The molecule has 0 aliphatic carbocycles. The average molecular weight is 411 g/mol. The Balaban J connectivity index is 0.000000451. The number of hydrogen-bond acceptors (Lipinski definition) is 3. The molecule has 1 heterocycles. The van der Waals surface area contributed by atoms with Crippen molar-refractivity contribution < 1.29 is 9.59 Å². The molecule has 5 heteroatoms. The summed E-state index contributed by atoms with van der Waals surface area (Å²) in [6, 6.07) is 6.02. The fourth-order valence-corrected chi connectivity index (χ4v) is 2.76. The zero-order chi connectivity index (χ0) is 19.4. The van der Waals surface area contributed by atoms with Crippen LogP contribution in [0.15, 0.2) is 22.7 Å². The molecule has 4 nitrogen and oxygen atoms in total. The number of nitrogens with one attached hydrogen (secondary N) is 2. The average Bonchev–Trinajstić information content (AvgIpc) is 2.62. The molecule has 25 heavy (non-hydrogen) atoms. The molecule has 2 N–H and O–H groups in total.